The molecule has 1 unspecified atom stereocenters. The van der Waals surface area contributed by atoms with Crippen molar-refractivity contribution in [3.8, 4) is 0 Å². The van der Waals surface area contributed by atoms with E-state index in [1.54, 1.807) is 0 Å². The Balaban J connectivity index is 2.25. The van der Waals surface area contributed by atoms with Gasteiger partial charge in [0.25, 0.3) is 5.91 Å². The van der Waals surface area contributed by atoms with E-state index in [0.717, 1.165) is 0 Å². The molecule has 7 heteroatoms. The lowest BCUT2D eigenvalue weighted by molar-refractivity contribution is -0.135. The van der Waals surface area contributed by atoms with Gasteiger partial charge in [0.2, 0.25) is 0 Å². The predicted molar refractivity (Wildman–Crippen MR) is 73.4 cm³/mol. The zero-order valence-corrected chi connectivity index (χ0v) is 12.3. The molecule has 108 valence electrons. The molecule has 0 aromatic rings. The standard InChI is InChI=1S/C13H18BNO5/c1-12(2)13(3,4)20-14(19-12)9-6-8(11(17)18-5)7-15-10(9)16/h6-7,9H,1-5H3. The van der Waals surface area contributed by atoms with Gasteiger partial charge in [0.05, 0.1) is 29.7 Å². The van der Waals surface area contributed by atoms with Crippen LogP contribution in [0.1, 0.15) is 27.7 Å². The van der Waals surface area contributed by atoms with Gasteiger partial charge in [-0.15, -0.1) is 0 Å². The molecule has 2 rings (SSSR count). The molecule has 1 fully saturated rings. The van der Waals surface area contributed by atoms with E-state index < -0.39 is 36.0 Å². The summed E-state index contributed by atoms with van der Waals surface area (Å²) >= 11 is 0. The molecule has 20 heavy (non-hydrogen) atoms. The van der Waals surface area contributed by atoms with Crippen LogP contribution in [0.3, 0.4) is 0 Å². The van der Waals surface area contributed by atoms with Crippen LogP contribution in [-0.4, -0.2) is 43.5 Å². The van der Waals surface area contributed by atoms with Gasteiger partial charge in [0.1, 0.15) is 0 Å². The monoisotopic (exact) mass is 279 g/mol. The maximum Gasteiger partial charge on any atom is 0.475 e. The second-order valence-electron chi connectivity index (χ2n) is 5.86. The average molecular weight is 279 g/mol. The third kappa shape index (κ3) is 2.43. The van der Waals surface area contributed by atoms with Gasteiger partial charge in [-0.3, -0.25) is 4.79 Å². The minimum atomic E-state index is -0.760. The van der Waals surface area contributed by atoms with Gasteiger partial charge in [0, 0.05) is 6.21 Å². The van der Waals surface area contributed by atoms with E-state index >= 15 is 0 Å². The van der Waals surface area contributed by atoms with Crippen LogP contribution in [0.15, 0.2) is 16.6 Å². The summed E-state index contributed by atoms with van der Waals surface area (Å²) in [5, 5.41) is 0. The van der Waals surface area contributed by atoms with Crippen LogP contribution in [0.5, 0.6) is 0 Å². The molecule has 0 aromatic heterocycles. The van der Waals surface area contributed by atoms with Crippen LogP contribution in [0.25, 0.3) is 0 Å². The van der Waals surface area contributed by atoms with Crippen LogP contribution in [0, 0.1) is 0 Å². The minimum Gasteiger partial charge on any atom is -0.465 e. The van der Waals surface area contributed by atoms with Crippen molar-refractivity contribution in [2.24, 2.45) is 4.99 Å². The summed E-state index contributed by atoms with van der Waals surface area (Å²) in [7, 11) is 0.515. The van der Waals surface area contributed by atoms with E-state index in [1.165, 1.54) is 19.4 Å². The van der Waals surface area contributed by atoms with Crippen molar-refractivity contribution < 1.29 is 23.6 Å². The fraction of sp³-hybridized carbons (Fsp3) is 0.615. The number of hydrogen-bond acceptors (Lipinski definition) is 5. The molecule has 2 heterocycles. The Morgan fingerprint density at radius 3 is 2.35 bits per heavy atom. The van der Waals surface area contributed by atoms with Gasteiger partial charge in [-0.2, -0.15) is 0 Å². The Hall–Kier alpha value is -1.47. The van der Waals surface area contributed by atoms with Crippen molar-refractivity contribution in [1.29, 1.82) is 0 Å². The number of amides is 1. The Bertz CT molecular complexity index is 493. The number of hydrogen-bond donors (Lipinski definition) is 0. The lowest BCUT2D eigenvalue weighted by atomic mass is 9.69. The van der Waals surface area contributed by atoms with Crippen molar-refractivity contribution in [3.63, 3.8) is 0 Å². The fourth-order valence-corrected chi connectivity index (χ4v) is 2.00. The lowest BCUT2D eigenvalue weighted by Crippen LogP contribution is -2.41. The molecule has 1 atom stereocenters. The second kappa shape index (κ2) is 4.82. The lowest BCUT2D eigenvalue weighted by Gasteiger charge is -2.32. The average Bonchev–Trinajstić information content (AvgIpc) is 2.58. The molecule has 0 radical (unpaired) electrons. The van der Waals surface area contributed by atoms with E-state index in [1.807, 2.05) is 27.7 Å². The molecule has 0 aliphatic carbocycles. The normalized spacial score (nSPS) is 27.4. The van der Waals surface area contributed by atoms with Crippen LogP contribution in [-0.2, 0) is 23.6 Å². The number of ether oxygens (including phenoxy) is 1. The van der Waals surface area contributed by atoms with Crippen molar-refractivity contribution in [2.75, 3.05) is 7.11 Å². The largest absolute Gasteiger partial charge is 0.475 e. The first kappa shape index (κ1) is 14.9. The highest BCUT2D eigenvalue weighted by molar-refractivity contribution is 6.54. The Morgan fingerprint density at radius 2 is 1.85 bits per heavy atom. The van der Waals surface area contributed by atoms with E-state index in [4.69, 9.17) is 9.31 Å². The first-order chi connectivity index (χ1) is 9.18. The predicted octanol–water partition coefficient (Wildman–Crippen LogP) is 1.16. The first-order valence-electron chi connectivity index (χ1n) is 6.41. The number of rotatable bonds is 2. The Labute approximate surface area is 118 Å². The Morgan fingerprint density at radius 1 is 1.30 bits per heavy atom. The summed E-state index contributed by atoms with van der Waals surface area (Å²) in [5.74, 6) is -1.67. The van der Waals surface area contributed by atoms with Gasteiger partial charge >= 0.3 is 13.1 Å². The summed E-state index contributed by atoms with van der Waals surface area (Å²) in [4.78, 5) is 27.1. The zero-order valence-electron chi connectivity index (χ0n) is 12.3. The van der Waals surface area contributed by atoms with Crippen molar-refractivity contribution >= 4 is 25.2 Å². The maximum absolute atomic E-state index is 11.9. The van der Waals surface area contributed by atoms with Crippen molar-refractivity contribution in [1.82, 2.24) is 0 Å². The second-order valence-corrected chi connectivity index (χ2v) is 5.86. The summed E-state index contributed by atoms with van der Waals surface area (Å²) in [6.45, 7) is 7.59. The molecule has 0 saturated carbocycles. The molecule has 1 saturated heterocycles. The van der Waals surface area contributed by atoms with E-state index in [0.29, 0.717) is 0 Å². The van der Waals surface area contributed by atoms with Crippen LogP contribution < -0.4 is 0 Å². The number of esters is 1. The molecule has 0 N–H and O–H groups in total. The van der Waals surface area contributed by atoms with Gasteiger partial charge in [-0.25, -0.2) is 9.79 Å². The highest BCUT2D eigenvalue weighted by Gasteiger charge is 2.55. The Kier molecular flexibility index (Phi) is 3.60. The van der Waals surface area contributed by atoms with Crippen LogP contribution in [0.2, 0.25) is 5.82 Å². The number of methoxy groups -OCH3 is 1. The summed E-state index contributed by atoms with van der Waals surface area (Å²) in [5.41, 5.74) is -0.858. The zero-order chi connectivity index (χ0) is 15.1. The molecular formula is C13H18BNO5. The third-order valence-electron chi connectivity index (χ3n) is 3.96. The number of aliphatic imine (C=N–C) groups is 1. The first-order valence-corrected chi connectivity index (χ1v) is 6.41. The molecule has 0 spiro atoms. The highest BCUT2D eigenvalue weighted by atomic mass is 16.7. The minimum absolute atomic E-state index is 0.229. The van der Waals surface area contributed by atoms with Gasteiger partial charge in [-0.05, 0) is 27.7 Å². The van der Waals surface area contributed by atoms with Crippen molar-refractivity contribution in [2.45, 2.75) is 44.7 Å². The number of dihydropyridines is 1. The summed E-state index contributed by atoms with van der Waals surface area (Å²) < 4.78 is 16.3. The molecule has 0 bridgehead atoms. The smallest absolute Gasteiger partial charge is 0.465 e. The van der Waals surface area contributed by atoms with Crippen molar-refractivity contribution in [3.05, 3.63) is 11.6 Å². The quantitative estimate of drug-likeness (QED) is 0.560. The number of carbonyl (C=O) groups excluding carboxylic acids is 2. The molecule has 1 amide bonds. The fourth-order valence-electron chi connectivity index (χ4n) is 2.00. The third-order valence-corrected chi connectivity index (χ3v) is 3.96. The van der Waals surface area contributed by atoms with E-state index in [-0.39, 0.29) is 5.57 Å². The molecular weight excluding hydrogens is 261 g/mol. The van der Waals surface area contributed by atoms with Gasteiger partial charge in [-0.1, -0.05) is 6.08 Å². The summed E-state index contributed by atoms with van der Waals surface area (Å²) in [6, 6.07) is 0. The highest BCUT2D eigenvalue weighted by Crippen LogP contribution is 2.41. The van der Waals surface area contributed by atoms with Gasteiger partial charge in [0.15, 0.2) is 0 Å². The molecule has 6 nitrogen and oxygen atoms in total. The molecule has 0 aromatic carbocycles. The topological polar surface area (TPSA) is 74.2 Å². The molecule has 2 aliphatic rings. The van der Waals surface area contributed by atoms with Gasteiger partial charge < -0.3 is 14.0 Å². The summed E-state index contributed by atoms with van der Waals surface area (Å²) in [6.07, 6.45) is 2.69. The van der Waals surface area contributed by atoms with E-state index in [9.17, 15) is 9.59 Å². The molecule has 2 aliphatic heterocycles. The number of nitrogens with zero attached hydrogens (tertiary/aromatic N) is 1. The SMILES string of the molecule is COC(=O)C1=CC(B2OC(C)(C)C(C)(C)O2)C(=O)N=C1. The van der Waals surface area contributed by atoms with E-state index in [2.05, 4.69) is 9.73 Å². The van der Waals surface area contributed by atoms with Crippen LogP contribution in [0.4, 0.5) is 0 Å². The maximum atomic E-state index is 11.9. The van der Waals surface area contributed by atoms with Crippen LogP contribution >= 0.6 is 0 Å². The number of carbonyl (C=O) groups is 2.